The SMILES string of the molecule is C1CC2(CCN1)CCNCC2.CC. The van der Waals surface area contributed by atoms with Crippen molar-refractivity contribution in [1.29, 1.82) is 0 Å². The lowest BCUT2D eigenvalue weighted by Crippen LogP contribution is -2.43. The van der Waals surface area contributed by atoms with Crippen molar-refractivity contribution in [2.75, 3.05) is 26.2 Å². The van der Waals surface area contributed by atoms with Gasteiger partial charge in [0.15, 0.2) is 0 Å². The molecule has 2 aliphatic rings. The Morgan fingerprint density at radius 1 is 0.692 bits per heavy atom. The molecule has 2 saturated heterocycles. The second-order valence-corrected chi connectivity index (χ2v) is 4.00. The lowest BCUT2D eigenvalue weighted by molar-refractivity contribution is 0.144. The third-order valence-electron chi connectivity index (χ3n) is 3.33. The van der Waals surface area contributed by atoms with E-state index in [9.17, 15) is 0 Å². The van der Waals surface area contributed by atoms with Crippen LogP contribution in [0.4, 0.5) is 0 Å². The van der Waals surface area contributed by atoms with Crippen molar-refractivity contribution in [3.63, 3.8) is 0 Å². The van der Waals surface area contributed by atoms with Gasteiger partial charge in [0.1, 0.15) is 0 Å². The summed E-state index contributed by atoms with van der Waals surface area (Å²) in [5.41, 5.74) is 0.733. The van der Waals surface area contributed by atoms with Crippen LogP contribution in [-0.4, -0.2) is 26.2 Å². The van der Waals surface area contributed by atoms with Crippen LogP contribution in [0, 0.1) is 5.41 Å². The highest BCUT2D eigenvalue weighted by molar-refractivity contribution is 4.88. The normalized spacial score (nSPS) is 26.3. The average Bonchev–Trinajstić information content (AvgIpc) is 2.23. The van der Waals surface area contributed by atoms with Gasteiger partial charge in [-0.25, -0.2) is 0 Å². The van der Waals surface area contributed by atoms with Crippen LogP contribution < -0.4 is 10.6 Å². The third-order valence-corrected chi connectivity index (χ3v) is 3.33. The second-order valence-electron chi connectivity index (χ2n) is 4.00. The quantitative estimate of drug-likeness (QED) is 0.599. The molecule has 2 N–H and O–H groups in total. The van der Waals surface area contributed by atoms with Crippen molar-refractivity contribution in [1.82, 2.24) is 10.6 Å². The average molecular weight is 184 g/mol. The molecule has 2 fully saturated rings. The minimum Gasteiger partial charge on any atom is -0.317 e. The summed E-state index contributed by atoms with van der Waals surface area (Å²) in [6, 6.07) is 0. The van der Waals surface area contributed by atoms with Crippen LogP contribution in [0.25, 0.3) is 0 Å². The van der Waals surface area contributed by atoms with E-state index in [1.165, 1.54) is 51.9 Å². The number of nitrogens with one attached hydrogen (secondary N) is 2. The van der Waals surface area contributed by atoms with E-state index in [-0.39, 0.29) is 0 Å². The van der Waals surface area contributed by atoms with Gasteiger partial charge in [-0.05, 0) is 57.3 Å². The summed E-state index contributed by atoms with van der Waals surface area (Å²) < 4.78 is 0. The standard InChI is InChI=1S/C9H18N2.C2H6/c1-5-10-6-2-9(1)3-7-11-8-4-9;1-2/h10-11H,1-8H2;1-2H3. The largest absolute Gasteiger partial charge is 0.317 e. The van der Waals surface area contributed by atoms with Crippen molar-refractivity contribution in [2.45, 2.75) is 39.5 Å². The van der Waals surface area contributed by atoms with E-state index in [0.717, 1.165) is 5.41 Å². The fourth-order valence-corrected chi connectivity index (χ4v) is 2.41. The molecule has 0 radical (unpaired) electrons. The molecule has 0 aliphatic carbocycles. The monoisotopic (exact) mass is 184 g/mol. The van der Waals surface area contributed by atoms with Crippen LogP contribution in [0.15, 0.2) is 0 Å². The summed E-state index contributed by atoms with van der Waals surface area (Å²) in [6.45, 7) is 9.00. The van der Waals surface area contributed by atoms with Crippen LogP contribution in [0.1, 0.15) is 39.5 Å². The molecule has 0 aromatic heterocycles. The maximum absolute atomic E-state index is 3.44. The first-order chi connectivity index (χ1) is 6.41. The Morgan fingerprint density at radius 2 is 1.00 bits per heavy atom. The van der Waals surface area contributed by atoms with E-state index in [1.54, 1.807) is 0 Å². The van der Waals surface area contributed by atoms with Gasteiger partial charge in [-0.15, -0.1) is 0 Å². The molecule has 0 bridgehead atoms. The summed E-state index contributed by atoms with van der Waals surface area (Å²) in [6.07, 6.45) is 5.65. The molecule has 0 saturated carbocycles. The smallest absolute Gasteiger partial charge is 0.00436 e. The van der Waals surface area contributed by atoms with Crippen LogP contribution >= 0.6 is 0 Å². The molecule has 2 rings (SSSR count). The van der Waals surface area contributed by atoms with Gasteiger partial charge >= 0.3 is 0 Å². The second kappa shape index (κ2) is 5.61. The molecule has 2 aliphatic heterocycles. The lowest BCUT2D eigenvalue weighted by Gasteiger charge is -2.41. The highest BCUT2D eigenvalue weighted by Gasteiger charge is 2.32. The predicted molar refractivity (Wildman–Crippen MR) is 58.0 cm³/mol. The molecule has 1 spiro atoms. The molecule has 2 heterocycles. The van der Waals surface area contributed by atoms with Crippen LogP contribution in [-0.2, 0) is 0 Å². The summed E-state index contributed by atoms with van der Waals surface area (Å²) in [5, 5.41) is 6.87. The van der Waals surface area contributed by atoms with E-state index in [0.29, 0.717) is 0 Å². The van der Waals surface area contributed by atoms with Crippen molar-refractivity contribution < 1.29 is 0 Å². The lowest BCUT2D eigenvalue weighted by atomic mass is 9.72. The zero-order chi connectivity index (χ0) is 9.57. The fraction of sp³-hybridized carbons (Fsp3) is 1.00. The fourth-order valence-electron chi connectivity index (χ4n) is 2.41. The molecule has 2 heteroatoms. The minimum absolute atomic E-state index is 0.733. The van der Waals surface area contributed by atoms with Crippen LogP contribution in [0.5, 0.6) is 0 Å². The molecule has 13 heavy (non-hydrogen) atoms. The Labute approximate surface area is 82.5 Å². The van der Waals surface area contributed by atoms with Crippen molar-refractivity contribution in [3.8, 4) is 0 Å². The molecule has 0 atom stereocenters. The van der Waals surface area contributed by atoms with Gasteiger partial charge in [0, 0.05) is 0 Å². The number of hydrogen-bond donors (Lipinski definition) is 2. The summed E-state index contributed by atoms with van der Waals surface area (Å²) in [5.74, 6) is 0. The Bertz CT molecular complexity index is 103. The van der Waals surface area contributed by atoms with E-state index in [4.69, 9.17) is 0 Å². The Balaban J connectivity index is 0.000000396. The zero-order valence-electron chi connectivity index (χ0n) is 9.16. The number of hydrogen-bond acceptors (Lipinski definition) is 2. The molecule has 2 nitrogen and oxygen atoms in total. The first-order valence-corrected chi connectivity index (χ1v) is 5.83. The van der Waals surface area contributed by atoms with Crippen molar-refractivity contribution in [2.24, 2.45) is 5.41 Å². The molecule has 0 amide bonds. The van der Waals surface area contributed by atoms with Gasteiger partial charge in [0.2, 0.25) is 0 Å². The molecule has 0 aromatic carbocycles. The maximum atomic E-state index is 3.44. The topological polar surface area (TPSA) is 24.1 Å². The number of rotatable bonds is 0. The minimum atomic E-state index is 0.733. The number of piperidine rings is 2. The van der Waals surface area contributed by atoms with Gasteiger partial charge in [0.25, 0.3) is 0 Å². The van der Waals surface area contributed by atoms with Gasteiger partial charge in [-0.3, -0.25) is 0 Å². The van der Waals surface area contributed by atoms with Crippen LogP contribution in [0.2, 0.25) is 0 Å². The molecular formula is C11H24N2. The highest BCUT2D eigenvalue weighted by atomic mass is 14.9. The maximum Gasteiger partial charge on any atom is -0.00436 e. The van der Waals surface area contributed by atoms with E-state index >= 15 is 0 Å². The summed E-state index contributed by atoms with van der Waals surface area (Å²) >= 11 is 0. The molecule has 0 aromatic rings. The molecule has 78 valence electrons. The van der Waals surface area contributed by atoms with Gasteiger partial charge in [-0.2, -0.15) is 0 Å². The zero-order valence-corrected chi connectivity index (χ0v) is 9.16. The first kappa shape index (κ1) is 11.0. The van der Waals surface area contributed by atoms with E-state index in [2.05, 4.69) is 10.6 Å². The third kappa shape index (κ3) is 2.96. The molecular weight excluding hydrogens is 160 g/mol. The van der Waals surface area contributed by atoms with E-state index in [1.807, 2.05) is 13.8 Å². The Morgan fingerprint density at radius 3 is 1.31 bits per heavy atom. The Hall–Kier alpha value is -0.0800. The summed E-state index contributed by atoms with van der Waals surface area (Å²) in [4.78, 5) is 0. The Kier molecular flexibility index (Phi) is 4.74. The van der Waals surface area contributed by atoms with Crippen LogP contribution in [0.3, 0.4) is 0 Å². The summed E-state index contributed by atoms with van der Waals surface area (Å²) in [7, 11) is 0. The van der Waals surface area contributed by atoms with Crippen molar-refractivity contribution >= 4 is 0 Å². The van der Waals surface area contributed by atoms with Gasteiger partial charge in [0.05, 0.1) is 0 Å². The molecule has 0 unspecified atom stereocenters. The van der Waals surface area contributed by atoms with Gasteiger partial charge in [-0.1, -0.05) is 13.8 Å². The predicted octanol–water partition coefficient (Wildman–Crippen LogP) is 1.77. The van der Waals surface area contributed by atoms with E-state index < -0.39 is 0 Å². The first-order valence-electron chi connectivity index (χ1n) is 5.83. The van der Waals surface area contributed by atoms with Crippen molar-refractivity contribution in [3.05, 3.63) is 0 Å². The van der Waals surface area contributed by atoms with Gasteiger partial charge < -0.3 is 10.6 Å². The highest BCUT2D eigenvalue weighted by Crippen LogP contribution is 2.37.